The second-order valence-electron chi connectivity index (χ2n) is 6.34. The van der Waals surface area contributed by atoms with Crippen molar-refractivity contribution in [2.75, 3.05) is 17.6 Å². The molecule has 0 bridgehead atoms. The number of fused-ring (bicyclic) bond motifs is 1. The maximum atomic E-state index is 12.3. The molecular weight excluding hydrogens is 417 g/mol. The highest BCUT2D eigenvalue weighted by atomic mass is 32.2. The van der Waals surface area contributed by atoms with E-state index in [1.807, 2.05) is 35.8 Å². The van der Waals surface area contributed by atoms with Gasteiger partial charge in [0.15, 0.2) is 5.16 Å². The number of carbonyl (C=O) groups is 2. The lowest BCUT2D eigenvalue weighted by Crippen LogP contribution is -2.33. The number of halogens is 3. The summed E-state index contributed by atoms with van der Waals surface area (Å²) in [5.41, 5.74) is 2.38. The third kappa shape index (κ3) is 5.53. The van der Waals surface area contributed by atoms with Crippen LogP contribution in [0.3, 0.4) is 0 Å². The van der Waals surface area contributed by atoms with Gasteiger partial charge in [0.1, 0.15) is 6.54 Å². The van der Waals surface area contributed by atoms with Crippen molar-refractivity contribution in [3.8, 4) is 0 Å². The molecule has 1 aromatic heterocycles. The number of para-hydroxylation sites is 2. The van der Waals surface area contributed by atoms with Crippen molar-refractivity contribution < 1.29 is 22.8 Å². The summed E-state index contributed by atoms with van der Waals surface area (Å²) in [5, 5.41) is 5.23. The van der Waals surface area contributed by atoms with Gasteiger partial charge in [-0.15, -0.1) is 0 Å². The fourth-order valence-corrected chi connectivity index (χ4v) is 3.66. The Morgan fingerprint density at radius 1 is 1.10 bits per heavy atom. The van der Waals surface area contributed by atoms with Gasteiger partial charge in [-0.1, -0.05) is 23.9 Å². The van der Waals surface area contributed by atoms with Crippen molar-refractivity contribution in [3.63, 3.8) is 0 Å². The smallest absolute Gasteiger partial charge is 0.343 e. The molecule has 2 N–H and O–H groups in total. The molecule has 10 heteroatoms. The van der Waals surface area contributed by atoms with Crippen molar-refractivity contribution in [2.45, 2.75) is 24.8 Å². The lowest BCUT2D eigenvalue weighted by molar-refractivity contribution is -0.123. The highest BCUT2D eigenvalue weighted by Crippen LogP contribution is 2.24. The zero-order valence-corrected chi connectivity index (χ0v) is 16.8. The normalized spacial score (nSPS) is 11.5. The molecule has 30 heavy (non-hydrogen) atoms. The average molecular weight is 436 g/mol. The predicted octanol–water partition coefficient (Wildman–Crippen LogP) is 4.08. The van der Waals surface area contributed by atoms with Crippen molar-refractivity contribution in [1.29, 1.82) is 0 Å². The van der Waals surface area contributed by atoms with E-state index in [2.05, 4.69) is 10.3 Å². The van der Waals surface area contributed by atoms with Gasteiger partial charge in [-0.2, -0.15) is 13.2 Å². The summed E-state index contributed by atoms with van der Waals surface area (Å²) in [6.45, 7) is 1.33. The van der Waals surface area contributed by atoms with Crippen LogP contribution >= 0.6 is 11.8 Å². The zero-order chi connectivity index (χ0) is 21.7. The number of anilines is 1. The highest BCUT2D eigenvalue weighted by Gasteiger charge is 2.27. The summed E-state index contributed by atoms with van der Waals surface area (Å²) in [6, 6.07) is 13.4. The summed E-state index contributed by atoms with van der Waals surface area (Å²) < 4.78 is 38.5. The van der Waals surface area contributed by atoms with Crippen LogP contribution < -0.4 is 10.6 Å². The fraction of sp³-hybridized carbons (Fsp3) is 0.250. The van der Waals surface area contributed by atoms with Crippen LogP contribution in [0.25, 0.3) is 11.0 Å². The number of aromatic nitrogens is 2. The molecule has 0 radical (unpaired) electrons. The standard InChI is InChI=1S/C20H19F3N4O2S/c1-2-27-16-6-4-3-5-15(16)26-19(27)30-11-17(28)25-14-9-7-13(8-10-14)18(29)24-12-20(21,22)23/h3-10H,2,11-12H2,1H3,(H,24,29)(H,25,28). The number of alkyl halides is 3. The van der Waals surface area contributed by atoms with Gasteiger partial charge in [-0.3, -0.25) is 9.59 Å². The third-order valence-electron chi connectivity index (χ3n) is 4.15. The minimum absolute atomic E-state index is 0.0725. The fourth-order valence-electron chi connectivity index (χ4n) is 2.78. The summed E-state index contributed by atoms with van der Waals surface area (Å²) >= 11 is 1.31. The van der Waals surface area contributed by atoms with Gasteiger partial charge in [0.2, 0.25) is 5.91 Å². The van der Waals surface area contributed by atoms with E-state index in [0.717, 1.165) is 22.7 Å². The number of carbonyl (C=O) groups excluding carboxylic acids is 2. The Morgan fingerprint density at radius 2 is 1.80 bits per heavy atom. The minimum Gasteiger partial charge on any atom is -0.343 e. The highest BCUT2D eigenvalue weighted by molar-refractivity contribution is 7.99. The first-order chi connectivity index (χ1) is 14.3. The number of benzene rings is 2. The molecule has 2 aromatic carbocycles. The Kier molecular flexibility index (Phi) is 6.66. The summed E-state index contributed by atoms with van der Waals surface area (Å²) in [5.74, 6) is -0.958. The Labute approximate surface area is 174 Å². The molecule has 3 rings (SSSR count). The molecule has 0 aliphatic carbocycles. The Balaban J connectivity index is 1.56. The summed E-state index contributed by atoms with van der Waals surface area (Å²) in [7, 11) is 0. The average Bonchev–Trinajstić information content (AvgIpc) is 3.08. The van der Waals surface area contributed by atoms with Gasteiger partial charge in [0.25, 0.3) is 5.91 Å². The Bertz CT molecular complexity index is 1050. The van der Waals surface area contributed by atoms with Gasteiger partial charge < -0.3 is 15.2 Å². The van der Waals surface area contributed by atoms with Crippen molar-refractivity contribution in [3.05, 3.63) is 54.1 Å². The van der Waals surface area contributed by atoms with E-state index >= 15 is 0 Å². The van der Waals surface area contributed by atoms with Gasteiger partial charge in [0, 0.05) is 17.8 Å². The number of nitrogens with zero attached hydrogens (tertiary/aromatic N) is 2. The molecule has 0 unspecified atom stereocenters. The monoisotopic (exact) mass is 436 g/mol. The first-order valence-electron chi connectivity index (χ1n) is 9.10. The van der Waals surface area contributed by atoms with Crippen molar-refractivity contribution in [1.82, 2.24) is 14.9 Å². The maximum Gasteiger partial charge on any atom is 0.405 e. The van der Waals surface area contributed by atoms with Gasteiger partial charge >= 0.3 is 6.18 Å². The van der Waals surface area contributed by atoms with Crippen LogP contribution in [0.15, 0.2) is 53.7 Å². The maximum absolute atomic E-state index is 12.3. The summed E-state index contributed by atoms with van der Waals surface area (Å²) in [6.07, 6.45) is -4.47. The molecular formula is C20H19F3N4O2S. The van der Waals surface area contributed by atoms with Crippen LogP contribution in [0.1, 0.15) is 17.3 Å². The largest absolute Gasteiger partial charge is 0.405 e. The first-order valence-corrected chi connectivity index (χ1v) is 10.1. The topological polar surface area (TPSA) is 76.0 Å². The predicted molar refractivity (Wildman–Crippen MR) is 110 cm³/mol. The number of hydrogen-bond donors (Lipinski definition) is 2. The second kappa shape index (κ2) is 9.21. The van der Waals surface area contributed by atoms with Gasteiger partial charge in [0.05, 0.1) is 16.8 Å². The van der Waals surface area contributed by atoms with Crippen molar-refractivity contribution >= 4 is 40.3 Å². The van der Waals surface area contributed by atoms with Crippen LogP contribution in [0, 0.1) is 0 Å². The number of hydrogen-bond acceptors (Lipinski definition) is 4. The molecule has 1 heterocycles. The summed E-state index contributed by atoms with van der Waals surface area (Å²) in [4.78, 5) is 28.5. The Morgan fingerprint density at radius 3 is 2.47 bits per heavy atom. The van der Waals surface area contributed by atoms with E-state index in [1.165, 1.54) is 36.0 Å². The number of amides is 2. The van der Waals surface area contributed by atoms with Crippen molar-refractivity contribution in [2.24, 2.45) is 0 Å². The van der Waals surface area contributed by atoms with E-state index < -0.39 is 18.6 Å². The van der Waals surface area contributed by atoms with E-state index in [-0.39, 0.29) is 17.2 Å². The van der Waals surface area contributed by atoms with E-state index in [4.69, 9.17) is 0 Å². The molecule has 0 saturated carbocycles. The SMILES string of the molecule is CCn1c(SCC(=O)Nc2ccc(C(=O)NCC(F)(F)F)cc2)nc2ccccc21. The van der Waals surface area contributed by atoms with Crippen LogP contribution in [0.5, 0.6) is 0 Å². The van der Waals surface area contributed by atoms with E-state index in [1.54, 1.807) is 5.32 Å². The van der Waals surface area contributed by atoms with Crippen LogP contribution in [-0.4, -0.2) is 39.8 Å². The Hall–Kier alpha value is -3.01. The third-order valence-corrected chi connectivity index (χ3v) is 5.12. The second-order valence-corrected chi connectivity index (χ2v) is 7.28. The number of nitrogens with one attached hydrogen (secondary N) is 2. The lowest BCUT2D eigenvalue weighted by Gasteiger charge is -2.09. The van der Waals surface area contributed by atoms with E-state index in [9.17, 15) is 22.8 Å². The van der Waals surface area contributed by atoms with Gasteiger partial charge in [-0.25, -0.2) is 4.98 Å². The van der Waals surface area contributed by atoms with E-state index in [0.29, 0.717) is 5.69 Å². The molecule has 6 nitrogen and oxygen atoms in total. The first kappa shape index (κ1) is 21.7. The zero-order valence-electron chi connectivity index (χ0n) is 16.0. The molecule has 0 fully saturated rings. The number of imidazole rings is 1. The van der Waals surface area contributed by atoms with Gasteiger partial charge in [-0.05, 0) is 43.3 Å². The molecule has 3 aromatic rings. The van der Waals surface area contributed by atoms with Crippen LogP contribution in [0.4, 0.5) is 18.9 Å². The lowest BCUT2D eigenvalue weighted by atomic mass is 10.2. The van der Waals surface area contributed by atoms with Crippen LogP contribution in [-0.2, 0) is 11.3 Å². The molecule has 0 saturated heterocycles. The number of thioether (sulfide) groups is 1. The molecule has 2 amide bonds. The number of rotatable bonds is 7. The quantitative estimate of drug-likeness (QED) is 0.548. The molecule has 158 valence electrons. The van der Waals surface area contributed by atoms with Crippen LogP contribution in [0.2, 0.25) is 0 Å². The molecule has 0 atom stereocenters. The minimum atomic E-state index is -4.47. The molecule has 0 aliphatic rings. The molecule has 0 spiro atoms. The number of aryl methyl sites for hydroxylation is 1. The molecule has 0 aliphatic heterocycles.